The topological polar surface area (TPSA) is 93.0 Å². The van der Waals surface area contributed by atoms with Crippen molar-refractivity contribution in [2.75, 3.05) is 13.1 Å². The maximum atomic E-state index is 13.5. The molecule has 0 spiro atoms. The molecule has 0 radical (unpaired) electrons. The summed E-state index contributed by atoms with van der Waals surface area (Å²) in [6, 6.07) is 13.2. The number of carbonyl (C=O) groups excluding carboxylic acids is 2. The number of aryl methyl sites for hydroxylation is 1. The van der Waals surface area contributed by atoms with Gasteiger partial charge in [0.05, 0.1) is 22.3 Å². The van der Waals surface area contributed by atoms with Crippen LogP contribution in [0.15, 0.2) is 61.1 Å². The number of piperidine rings is 1. The summed E-state index contributed by atoms with van der Waals surface area (Å²) in [6.07, 6.45) is 5.37. The predicted octanol–water partition coefficient (Wildman–Crippen LogP) is 3.75. The second kappa shape index (κ2) is 9.46. The fourth-order valence-corrected chi connectivity index (χ4v) is 4.92. The summed E-state index contributed by atoms with van der Waals surface area (Å²) in [5, 5.41) is 7.78. The number of nitrogens with one attached hydrogen (secondary N) is 1. The van der Waals surface area contributed by atoms with Gasteiger partial charge in [0.25, 0.3) is 11.8 Å². The van der Waals surface area contributed by atoms with E-state index >= 15 is 0 Å². The summed E-state index contributed by atoms with van der Waals surface area (Å²) in [5.41, 5.74) is 4.06. The van der Waals surface area contributed by atoms with Gasteiger partial charge in [0.2, 0.25) is 0 Å². The van der Waals surface area contributed by atoms with Crippen LogP contribution in [0.3, 0.4) is 0 Å². The van der Waals surface area contributed by atoms with Crippen LogP contribution in [0.2, 0.25) is 5.02 Å². The van der Waals surface area contributed by atoms with Crippen molar-refractivity contribution in [2.45, 2.75) is 25.3 Å². The van der Waals surface area contributed by atoms with Crippen LogP contribution < -0.4 is 5.32 Å². The fourth-order valence-electron chi connectivity index (χ4n) is 4.65. The highest BCUT2D eigenvalue weighted by Crippen LogP contribution is 2.30. The summed E-state index contributed by atoms with van der Waals surface area (Å²) in [4.78, 5) is 36.9. The number of hydrogen-bond acceptors (Lipinski definition) is 5. The quantitative estimate of drug-likeness (QED) is 0.472. The average Bonchev–Trinajstić information content (AvgIpc) is 3.22. The van der Waals surface area contributed by atoms with Gasteiger partial charge in [-0.3, -0.25) is 24.2 Å². The minimum Gasteiger partial charge on any atom is -0.348 e. The molecule has 4 aromatic rings. The SMILES string of the molecule is Cc1c(C(=O)N[C@@H]2CCN(C(=O)c3cc(Cl)c4nccnc4c3)C[C@@H]2c2ccccc2)cnn1C. The molecule has 5 rings (SSSR count). The van der Waals surface area contributed by atoms with Gasteiger partial charge in [0.1, 0.15) is 5.52 Å². The zero-order valence-electron chi connectivity index (χ0n) is 19.5. The third-order valence-corrected chi connectivity index (χ3v) is 6.99. The van der Waals surface area contributed by atoms with Crippen LogP contribution in [-0.2, 0) is 7.05 Å². The first-order chi connectivity index (χ1) is 16.9. The largest absolute Gasteiger partial charge is 0.348 e. The summed E-state index contributed by atoms with van der Waals surface area (Å²) in [6.45, 7) is 2.85. The maximum Gasteiger partial charge on any atom is 0.254 e. The summed E-state index contributed by atoms with van der Waals surface area (Å²) in [7, 11) is 1.81. The first-order valence-corrected chi connectivity index (χ1v) is 11.8. The van der Waals surface area contributed by atoms with Crippen molar-refractivity contribution in [3.63, 3.8) is 0 Å². The molecule has 1 N–H and O–H groups in total. The molecule has 0 aliphatic carbocycles. The number of halogens is 1. The van der Waals surface area contributed by atoms with Crippen LogP contribution in [-0.4, -0.2) is 55.6 Å². The van der Waals surface area contributed by atoms with E-state index in [-0.39, 0.29) is 23.8 Å². The zero-order valence-corrected chi connectivity index (χ0v) is 20.2. The number of nitrogens with zero attached hydrogens (tertiary/aromatic N) is 5. The van der Waals surface area contributed by atoms with Crippen molar-refractivity contribution in [2.24, 2.45) is 7.05 Å². The number of rotatable bonds is 4. The van der Waals surface area contributed by atoms with E-state index in [1.807, 2.05) is 49.2 Å². The van der Waals surface area contributed by atoms with E-state index in [4.69, 9.17) is 11.6 Å². The van der Waals surface area contributed by atoms with Gasteiger partial charge in [-0.05, 0) is 31.0 Å². The normalized spacial score (nSPS) is 18.0. The van der Waals surface area contributed by atoms with Gasteiger partial charge in [0.15, 0.2) is 0 Å². The number of hydrogen-bond donors (Lipinski definition) is 1. The van der Waals surface area contributed by atoms with Crippen molar-refractivity contribution < 1.29 is 9.59 Å². The first kappa shape index (κ1) is 23.0. The number of likely N-dealkylation sites (tertiary alicyclic amines) is 1. The van der Waals surface area contributed by atoms with E-state index in [2.05, 4.69) is 20.4 Å². The Morgan fingerprint density at radius 3 is 2.63 bits per heavy atom. The molecule has 8 nitrogen and oxygen atoms in total. The molecule has 35 heavy (non-hydrogen) atoms. The second-order valence-corrected chi connectivity index (χ2v) is 9.19. The van der Waals surface area contributed by atoms with E-state index in [0.29, 0.717) is 46.7 Å². The van der Waals surface area contributed by atoms with Gasteiger partial charge < -0.3 is 10.2 Å². The Morgan fingerprint density at radius 1 is 1.11 bits per heavy atom. The van der Waals surface area contributed by atoms with E-state index in [0.717, 1.165) is 11.3 Å². The van der Waals surface area contributed by atoms with Crippen LogP contribution in [0.4, 0.5) is 0 Å². The van der Waals surface area contributed by atoms with Crippen molar-refractivity contribution >= 4 is 34.4 Å². The summed E-state index contributed by atoms with van der Waals surface area (Å²) >= 11 is 6.40. The average molecular weight is 489 g/mol. The van der Waals surface area contributed by atoms with Crippen LogP contribution in [0.1, 0.15) is 44.3 Å². The minimum atomic E-state index is -0.152. The van der Waals surface area contributed by atoms with Crippen LogP contribution >= 0.6 is 11.6 Å². The van der Waals surface area contributed by atoms with Gasteiger partial charge in [-0.15, -0.1) is 0 Å². The molecule has 0 unspecified atom stereocenters. The Kier molecular flexibility index (Phi) is 6.21. The molecular weight excluding hydrogens is 464 g/mol. The number of benzene rings is 2. The van der Waals surface area contributed by atoms with Gasteiger partial charge in [-0.1, -0.05) is 41.9 Å². The molecule has 178 valence electrons. The number of amides is 2. The lowest BCUT2D eigenvalue weighted by molar-refractivity contribution is 0.0671. The minimum absolute atomic E-state index is 0.0643. The fraction of sp³-hybridized carbons (Fsp3) is 0.269. The van der Waals surface area contributed by atoms with Crippen molar-refractivity contribution in [1.29, 1.82) is 0 Å². The zero-order chi connectivity index (χ0) is 24.5. The standard InChI is InChI=1S/C26H25ClN6O2/c1-16-19(14-30-32(16)2)25(34)31-22-8-11-33(15-20(22)17-6-4-3-5-7-17)26(35)18-12-21(27)24-23(13-18)28-9-10-29-24/h3-7,9-10,12-14,20,22H,8,11,15H2,1-2H3,(H,31,34)/t20-,22-/m1/s1. The molecule has 0 bridgehead atoms. The molecule has 2 amide bonds. The Bertz CT molecular complexity index is 1400. The highest BCUT2D eigenvalue weighted by molar-refractivity contribution is 6.35. The Labute approximate surface area is 207 Å². The lowest BCUT2D eigenvalue weighted by atomic mass is 9.85. The highest BCUT2D eigenvalue weighted by atomic mass is 35.5. The van der Waals surface area contributed by atoms with Gasteiger partial charge in [-0.25, -0.2) is 0 Å². The number of aromatic nitrogens is 4. The third-order valence-electron chi connectivity index (χ3n) is 6.70. The monoisotopic (exact) mass is 488 g/mol. The van der Waals surface area contributed by atoms with E-state index in [1.165, 1.54) is 0 Å². The predicted molar refractivity (Wildman–Crippen MR) is 133 cm³/mol. The molecule has 3 heterocycles. The molecule has 1 fully saturated rings. The smallest absolute Gasteiger partial charge is 0.254 e. The molecular formula is C26H25ClN6O2. The molecule has 2 aromatic heterocycles. The van der Waals surface area contributed by atoms with Crippen molar-refractivity contribution in [3.8, 4) is 0 Å². The molecule has 1 aliphatic rings. The van der Waals surface area contributed by atoms with Gasteiger partial charge in [-0.2, -0.15) is 5.10 Å². The lowest BCUT2D eigenvalue weighted by Crippen LogP contribution is -2.51. The van der Waals surface area contributed by atoms with E-state index in [9.17, 15) is 9.59 Å². The first-order valence-electron chi connectivity index (χ1n) is 11.5. The lowest BCUT2D eigenvalue weighted by Gasteiger charge is -2.39. The van der Waals surface area contributed by atoms with E-state index in [1.54, 1.807) is 35.4 Å². The summed E-state index contributed by atoms with van der Waals surface area (Å²) in [5.74, 6) is -0.333. The van der Waals surface area contributed by atoms with Crippen LogP contribution in [0.5, 0.6) is 0 Å². The summed E-state index contributed by atoms with van der Waals surface area (Å²) < 4.78 is 1.68. The second-order valence-electron chi connectivity index (χ2n) is 8.79. The number of fused-ring (bicyclic) bond motifs is 1. The number of carbonyl (C=O) groups is 2. The Hall–Kier alpha value is -3.78. The van der Waals surface area contributed by atoms with Crippen LogP contribution in [0.25, 0.3) is 11.0 Å². The van der Waals surface area contributed by atoms with Crippen LogP contribution in [0, 0.1) is 6.92 Å². The van der Waals surface area contributed by atoms with E-state index < -0.39 is 0 Å². The van der Waals surface area contributed by atoms with Gasteiger partial charge >= 0.3 is 0 Å². The molecule has 0 saturated carbocycles. The molecule has 9 heteroatoms. The van der Waals surface area contributed by atoms with Crippen molar-refractivity contribution in [1.82, 2.24) is 30.0 Å². The maximum absolute atomic E-state index is 13.5. The molecule has 1 saturated heterocycles. The third kappa shape index (κ3) is 4.49. The van der Waals surface area contributed by atoms with Crippen molar-refractivity contribution in [3.05, 3.63) is 88.5 Å². The molecule has 2 aromatic carbocycles. The van der Waals surface area contributed by atoms with Gasteiger partial charge in [0, 0.05) is 55.7 Å². The molecule has 2 atom stereocenters. The highest BCUT2D eigenvalue weighted by Gasteiger charge is 2.34. The Balaban J connectivity index is 1.40. The molecule has 1 aliphatic heterocycles. The Morgan fingerprint density at radius 2 is 1.89 bits per heavy atom.